The van der Waals surface area contributed by atoms with Gasteiger partial charge in [-0.3, -0.25) is 4.79 Å². The molecule has 15 heteroatoms. The minimum absolute atomic E-state index is 0.253. The number of nitrogens with two attached hydrogens (primary N) is 2. The molecule has 7 N–H and O–H groups in total. The summed E-state index contributed by atoms with van der Waals surface area (Å²) in [4.78, 5) is 41.0. The van der Waals surface area contributed by atoms with Gasteiger partial charge in [0.1, 0.15) is 12.4 Å². The van der Waals surface area contributed by atoms with Crippen LogP contribution >= 0.6 is 11.8 Å². The zero-order valence-electron chi connectivity index (χ0n) is 16.0. The highest BCUT2D eigenvalue weighted by Crippen LogP contribution is 2.17. The Labute approximate surface area is 178 Å². The van der Waals surface area contributed by atoms with Crippen molar-refractivity contribution in [2.45, 2.75) is 30.6 Å². The molecule has 172 valence electrons. The van der Waals surface area contributed by atoms with E-state index >= 15 is 0 Å². The monoisotopic (exact) mass is 466 g/mol. The highest BCUT2D eigenvalue weighted by atomic mass is 32.2. The first-order valence-electron chi connectivity index (χ1n) is 8.41. The van der Waals surface area contributed by atoms with Crippen LogP contribution in [-0.2, 0) is 14.4 Å². The van der Waals surface area contributed by atoms with E-state index in [1.165, 1.54) is 24.0 Å². The predicted octanol–water partition coefficient (Wildman–Crippen LogP) is 1.22. The Kier molecular flexibility index (Phi) is 13.0. The number of primary amides is 1. The number of rotatable bonds is 10. The van der Waals surface area contributed by atoms with E-state index < -0.39 is 24.7 Å². The number of hydrogen-bond acceptors (Lipinski definition) is 7. The van der Waals surface area contributed by atoms with Crippen LogP contribution in [0.2, 0.25) is 0 Å². The first kappa shape index (κ1) is 27.6. The third kappa shape index (κ3) is 18.4. The number of nitrogens with one attached hydrogen (secondary N) is 1. The number of unbranched alkanes of at least 4 members (excludes halogenated alkanes) is 1. The van der Waals surface area contributed by atoms with Crippen molar-refractivity contribution in [3.63, 3.8) is 0 Å². The van der Waals surface area contributed by atoms with Gasteiger partial charge in [0.25, 0.3) is 0 Å². The van der Waals surface area contributed by atoms with Gasteiger partial charge in [0.05, 0.1) is 0 Å². The summed E-state index contributed by atoms with van der Waals surface area (Å²) in [6.45, 7) is -1.36. The molecule has 0 aliphatic rings. The molecule has 1 amide bonds. The number of hydrogen-bond donors (Lipinski definition) is 5. The number of amides is 1. The molecule has 0 aromatic carbocycles. The van der Waals surface area contributed by atoms with E-state index in [9.17, 15) is 27.6 Å². The number of thioether (sulfide) groups is 1. The van der Waals surface area contributed by atoms with Gasteiger partial charge in [0, 0.05) is 30.5 Å². The molecule has 0 bridgehead atoms. The maximum atomic E-state index is 12.0. The number of carboxylic acids is 2. The number of nitrogens with zero attached hydrogens (tertiary/aromatic N) is 3. The molecule has 0 radical (unpaired) electrons. The summed E-state index contributed by atoms with van der Waals surface area (Å²) in [6.07, 6.45) is -0.0665. The van der Waals surface area contributed by atoms with Crippen molar-refractivity contribution in [3.05, 3.63) is 24.4 Å². The van der Waals surface area contributed by atoms with Gasteiger partial charge in [-0.15, -0.1) is 0 Å². The van der Waals surface area contributed by atoms with Crippen LogP contribution < -0.4 is 16.8 Å². The van der Waals surface area contributed by atoms with E-state index in [2.05, 4.69) is 20.3 Å². The number of aliphatic imine (C=N–C) groups is 1. The van der Waals surface area contributed by atoms with Crippen LogP contribution in [0.4, 0.5) is 19.0 Å². The third-order valence-electron chi connectivity index (χ3n) is 2.74. The van der Waals surface area contributed by atoms with Crippen molar-refractivity contribution >= 4 is 41.4 Å². The highest BCUT2D eigenvalue weighted by molar-refractivity contribution is 7.99. The molecule has 0 fully saturated rings. The number of carbonyl (C=O) groups excluding carboxylic acids is 1. The van der Waals surface area contributed by atoms with Gasteiger partial charge in [-0.1, -0.05) is 11.8 Å². The topological polar surface area (TPSA) is 194 Å². The maximum absolute atomic E-state index is 12.0. The van der Waals surface area contributed by atoms with E-state index in [1.807, 2.05) is 0 Å². The molecule has 0 aliphatic carbocycles. The van der Waals surface area contributed by atoms with Gasteiger partial charge in [0.2, 0.25) is 5.91 Å². The molecule has 1 aromatic rings. The van der Waals surface area contributed by atoms with Crippen LogP contribution in [0, 0.1) is 0 Å². The largest absolute Gasteiger partial charge is 0.478 e. The van der Waals surface area contributed by atoms with Crippen LogP contribution in [0.5, 0.6) is 0 Å². The minimum Gasteiger partial charge on any atom is -0.478 e. The van der Waals surface area contributed by atoms with E-state index in [0.29, 0.717) is 35.9 Å². The van der Waals surface area contributed by atoms with Crippen molar-refractivity contribution in [1.82, 2.24) is 9.97 Å². The number of halogens is 3. The molecule has 0 atom stereocenters. The highest BCUT2D eigenvalue weighted by Gasteiger charge is 2.26. The molecule has 1 heterocycles. The van der Waals surface area contributed by atoms with Crippen LogP contribution in [0.15, 0.2) is 34.6 Å². The van der Waals surface area contributed by atoms with Crippen LogP contribution in [0.1, 0.15) is 19.3 Å². The number of guanidine groups is 1. The first-order chi connectivity index (χ1) is 14.4. The Hall–Kier alpha value is -3.36. The molecule has 0 saturated carbocycles. The SMILES string of the molecule is NC(=O)CCCCSc1nccc(NC(N)=NCC(F)(F)F)n1.O=C(O)/C=C\C(=O)O. The van der Waals surface area contributed by atoms with Gasteiger partial charge in [-0.2, -0.15) is 13.2 Å². The Morgan fingerprint density at radius 1 is 1.16 bits per heavy atom. The smallest absolute Gasteiger partial charge is 0.408 e. The fraction of sp³-hybridized carbons (Fsp3) is 0.375. The third-order valence-corrected chi connectivity index (χ3v) is 3.68. The zero-order valence-corrected chi connectivity index (χ0v) is 16.8. The summed E-state index contributed by atoms with van der Waals surface area (Å²) in [5.74, 6) is -2.29. The van der Waals surface area contributed by atoms with Crippen molar-refractivity contribution in [2.24, 2.45) is 16.5 Å². The van der Waals surface area contributed by atoms with E-state index in [1.54, 1.807) is 0 Å². The fourth-order valence-corrected chi connectivity index (χ4v) is 2.36. The molecule has 0 spiro atoms. The van der Waals surface area contributed by atoms with Gasteiger partial charge in [0.15, 0.2) is 11.1 Å². The van der Waals surface area contributed by atoms with Gasteiger partial charge >= 0.3 is 18.1 Å². The summed E-state index contributed by atoms with van der Waals surface area (Å²) < 4.78 is 36.1. The number of anilines is 1. The average molecular weight is 466 g/mol. The fourth-order valence-electron chi connectivity index (χ4n) is 1.53. The van der Waals surface area contributed by atoms with Crippen LogP contribution in [0.3, 0.4) is 0 Å². The molecule has 31 heavy (non-hydrogen) atoms. The lowest BCUT2D eigenvalue weighted by Gasteiger charge is -2.07. The van der Waals surface area contributed by atoms with Crippen molar-refractivity contribution in [1.29, 1.82) is 0 Å². The molecule has 1 aromatic heterocycles. The quantitative estimate of drug-likeness (QED) is 0.0835. The van der Waals surface area contributed by atoms with Gasteiger partial charge in [-0.25, -0.2) is 24.5 Å². The minimum atomic E-state index is -4.41. The number of alkyl halides is 3. The molecule has 0 saturated heterocycles. The van der Waals surface area contributed by atoms with E-state index in [-0.39, 0.29) is 17.7 Å². The normalized spacial score (nSPS) is 11.5. The Morgan fingerprint density at radius 3 is 2.29 bits per heavy atom. The van der Waals surface area contributed by atoms with Gasteiger partial charge < -0.3 is 27.0 Å². The molecule has 11 nitrogen and oxygen atoms in total. The van der Waals surface area contributed by atoms with E-state index in [0.717, 1.165) is 6.42 Å². The maximum Gasteiger partial charge on any atom is 0.408 e. The lowest BCUT2D eigenvalue weighted by Crippen LogP contribution is -2.26. The summed E-state index contributed by atoms with van der Waals surface area (Å²) in [7, 11) is 0. The number of aromatic nitrogens is 2. The second-order valence-corrected chi connectivity index (χ2v) is 6.51. The summed E-state index contributed by atoms with van der Waals surface area (Å²) in [5.41, 5.74) is 10.4. The first-order valence-corrected chi connectivity index (χ1v) is 9.39. The number of aliphatic carboxylic acids is 2. The second-order valence-electron chi connectivity index (χ2n) is 5.45. The Balaban J connectivity index is 0.000000954. The van der Waals surface area contributed by atoms with E-state index in [4.69, 9.17) is 21.7 Å². The Morgan fingerprint density at radius 2 is 1.77 bits per heavy atom. The lowest BCUT2D eigenvalue weighted by atomic mass is 10.2. The van der Waals surface area contributed by atoms with Crippen LogP contribution in [-0.4, -0.2) is 62.5 Å². The molecular formula is C16H21F3N6O5S. The van der Waals surface area contributed by atoms with Crippen molar-refractivity contribution in [3.8, 4) is 0 Å². The summed E-state index contributed by atoms with van der Waals surface area (Å²) >= 11 is 1.36. The molecule has 1 rings (SSSR count). The summed E-state index contributed by atoms with van der Waals surface area (Å²) in [6, 6.07) is 1.47. The number of carboxylic acid groups (broad SMARTS) is 2. The molecule has 0 unspecified atom stereocenters. The Bertz CT molecular complexity index is 788. The average Bonchev–Trinajstić information content (AvgIpc) is 2.64. The second kappa shape index (κ2) is 14.6. The zero-order chi connectivity index (χ0) is 23.9. The molecular weight excluding hydrogens is 445 g/mol. The van der Waals surface area contributed by atoms with Crippen LogP contribution in [0.25, 0.3) is 0 Å². The standard InChI is InChI=1S/C12H17F3N6OS.C4H4O4/c13-12(14,15)7-19-10(17)20-9-4-5-18-11(21-9)23-6-2-1-3-8(16)22;5-3(6)1-2-4(7)8/h4-5H,1-3,6-7H2,(H2,16,22)(H3,17,18,19,20,21);1-2H,(H,5,6)(H,7,8)/b;2-1-. The van der Waals surface area contributed by atoms with Crippen molar-refractivity contribution in [2.75, 3.05) is 17.6 Å². The number of carbonyl (C=O) groups is 3. The van der Waals surface area contributed by atoms with Crippen molar-refractivity contribution < 1.29 is 37.8 Å². The molecule has 0 aliphatic heterocycles. The summed E-state index contributed by atoms with van der Waals surface area (Å²) in [5, 5.41) is 18.5. The predicted molar refractivity (Wildman–Crippen MR) is 106 cm³/mol. The lowest BCUT2D eigenvalue weighted by molar-refractivity contribution is -0.134. The van der Waals surface area contributed by atoms with Gasteiger partial charge in [-0.05, 0) is 18.9 Å².